The zero-order valence-electron chi connectivity index (χ0n) is 18.0. The third kappa shape index (κ3) is 8.68. The van der Waals surface area contributed by atoms with Crippen LogP contribution in [0.5, 0.6) is 0 Å². The molecule has 0 atom stereocenters. The van der Waals surface area contributed by atoms with Crippen molar-refractivity contribution in [3.05, 3.63) is 47.5 Å². The lowest BCUT2D eigenvalue weighted by Crippen LogP contribution is -2.22. The number of halogens is 1. The van der Waals surface area contributed by atoms with Crippen molar-refractivity contribution in [2.24, 2.45) is 5.92 Å². The Labute approximate surface area is 187 Å². The van der Waals surface area contributed by atoms with Gasteiger partial charge in [0, 0.05) is 29.9 Å². The average molecular weight is 445 g/mol. The van der Waals surface area contributed by atoms with E-state index in [-0.39, 0.29) is 24.3 Å². The van der Waals surface area contributed by atoms with E-state index in [0.29, 0.717) is 40.8 Å². The van der Waals surface area contributed by atoms with E-state index >= 15 is 0 Å². The SMILES string of the molecule is CCCC(=O)Nc1ccc(Cl)c(NC(=O)CNc2ccc(NC(=O)CC(C)C)cc2)c1. The standard InChI is InChI=1S/C23H29ClN4O3/c1-4-5-21(29)27-18-10-11-19(24)20(13-18)28-23(31)14-25-16-6-8-17(9-7-16)26-22(30)12-15(2)3/h6-11,13,15,25H,4-5,12,14H2,1-3H3,(H,26,30)(H,27,29)(H,28,31). The molecule has 0 aliphatic rings. The molecule has 4 N–H and O–H groups in total. The molecule has 0 spiro atoms. The summed E-state index contributed by atoms with van der Waals surface area (Å²) in [5, 5.41) is 11.8. The lowest BCUT2D eigenvalue weighted by atomic mass is 10.1. The highest BCUT2D eigenvalue weighted by molar-refractivity contribution is 6.33. The van der Waals surface area contributed by atoms with Gasteiger partial charge < -0.3 is 21.3 Å². The van der Waals surface area contributed by atoms with Gasteiger partial charge in [-0.2, -0.15) is 0 Å². The van der Waals surface area contributed by atoms with Crippen LogP contribution in [0, 0.1) is 5.92 Å². The number of carbonyl (C=O) groups is 3. The molecule has 0 aliphatic carbocycles. The van der Waals surface area contributed by atoms with E-state index in [1.54, 1.807) is 42.5 Å². The minimum atomic E-state index is -0.284. The molecule has 0 radical (unpaired) electrons. The maximum Gasteiger partial charge on any atom is 0.243 e. The summed E-state index contributed by atoms with van der Waals surface area (Å²) in [6, 6.07) is 12.1. The third-order valence-corrected chi connectivity index (χ3v) is 4.55. The van der Waals surface area contributed by atoms with Crippen LogP contribution in [0.1, 0.15) is 40.0 Å². The summed E-state index contributed by atoms with van der Waals surface area (Å²) >= 11 is 6.16. The minimum absolute atomic E-state index is 0.0277. The summed E-state index contributed by atoms with van der Waals surface area (Å²) < 4.78 is 0. The fourth-order valence-corrected chi connectivity index (χ4v) is 2.95. The summed E-state index contributed by atoms with van der Waals surface area (Å²) in [5.41, 5.74) is 2.44. The topological polar surface area (TPSA) is 99.3 Å². The highest BCUT2D eigenvalue weighted by Gasteiger charge is 2.09. The summed E-state index contributed by atoms with van der Waals surface area (Å²) in [6.45, 7) is 5.94. The molecule has 0 heterocycles. The molecular weight excluding hydrogens is 416 g/mol. The van der Waals surface area contributed by atoms with Crippen molar-refractivity contribution in [3.8, 4) is 0 Å². The van der Waals surface area contributed by atoms with Crippen molar-refractivity contribution in [2.45, 2.75) is 40.0 Å². The van der Waals surface area contributed by atoms with Gasteiger partial charge in [0.15, 0.2) is 0 Å². The van der Waals surface area contributed by atoms with Gasteiger partial charge in [0.1, 0.15) is 0 Å². The molecule has 0 bridgehead atoms. The lowest BCUT2D eigenvalue weighted by molar-refractivity contribution is -0.117. The van der Waals surface area contributed by atoms with Crippen LogP contribution < -0.4 is 21.3 Å². The number of benzene rings is 2. The van der Waals surface area contributed by atoms with Gasteiger partial charge in [0.2, 0.25) is 17.7 Å². The van der Waals surface area contributed by atoms with Gasteiger partial charge >= 0.3 is 0 Å². The Kier molecular flexibility index (Phi) is 9.34. The average Bonchev–Trinajstić information content (AvgIpc) is 2.69. The molecular formula is C23H29ClN4O3. The quantitative estimate of drug-likeness (QED) is 0.409. The fourth-order valence-electron chi connectivity index (χ4n) is 2.78. The number of carbonyl (C=O) groups excluding carboxylic acids is 3. The summed E-state index contributed by atoms with van der Waals surface area (Å²) in [5.74, 6) is -0.109. The molecule has 2 rings (SSSR count). The number of hydrogen-bond donors (Lipinski definition) is 4. The van der Waals surface area contributed by atoms with Crippen LogP contribution in [0.3, 0.4) is 0 Å². The van der Waals surface area contributed by atoms with Gasteiger partial charge in [0.25, 0.3) is 0 Å². The second-order valence-corrected chi connectivity index (χ2v) is 8.03. The number of anilines is 4. The predicted octanol–water partition coefficient (Wildman–Crippen LogP) is 5.11. The lowest BCUT2D eigenvalue weighted by Gasteiger charge is -2.12. The molecule has 2 aromatic carbocycles. The van der Waals surface area contributed by atoms with Crippen molar-refractivity contribution in [1.29, 1.82) is 0 Å². The van der Waals surface area contributed by atoms with E-state index in [9.17, 15) is 14.4 Å². The molecule has 3 amide bonds. The van der Waals surface area contributed by atoms with Crippen LogP contribution >= 0.6 is 11.6 Å². The van der Waals surface area contributed by atoms with E-state index in [0.717, 1.165) is 12.1 Å². The first kappa shape index (κ1) is 24.2. The molecule has 0 fully saturated rings. The Hall–Kier alpha value is -3.06. The van der Waals surface area contributed by atoms with Gasteiger partial charge in [-0.1, -0.05) is 32.4 Å². The van der Waals surface area contributed by atoms with Crippen LogP contribution in [-0.4, -0.2) is 24.3 Å². The number of hydrogen-bond acceptors (Lipinski definition) is 4. The molecule has 2 aromatic rings. The van der Waals surface area contributed by atoms with Gasteiger partial charge in [0.05, 0.1) is 17.3 Å². The molecule has 7 nitrogen and oxygen atoms in total. The zero-order valence-corrected chi connectivity index (χ0v) is 18.8. The van der Waals surface area contributed by atoms with Crippen LogP contribution in [0.15, 0.2) is 42.5 Å². The Morgan fingerprint density at radius 3 is 2.10 bits per heavy atom. The number of nitrogens with one attached hydrogen (secondary N) is 4. The van der Waals surface area contributed by atoms with Crippen LogP contribution in [0.4, 0.5) is 22.7 Å². The minimum Gasteiger partial charge on any atom is -0.376 e. The zero-order chi connectivity index (χ0) is 22.8. The first-order valence-corrected chi connectivity index (χ1v) is 10.7. The van der Waals surface area contributed by atoms with Gasteiger partial charge in [-0.15, -0.1) is 0 Å². The molecule has 31 heavy (non-hydrogen) atoms. The molecule has 0 aromatic heterocycles. The molecule has 0 saturated carbocycles. The highest BCUT2D eigenvalue weighted by Crippen LogP contribution is 2.25. The normalized spacial score (nSPS) is 10.5. The molecule has 0 aliphatic heterocycles. The van der Waals surface area contributed by atoms with E-state index in [1.807, 2.05) is 20.8 Å². The Morgan fingerprint density at radius 2 is 1.45 bits per heavy atom. The Balaban J connectivity index is 1.87. The molecule has 166 valence electrons. The van der Waals surface area contributed by atoms with E-state index < -0.39 is 0 Å². The van der Waals surface area contributed by atoms with Crippen molar-refractivity contribution in [1.82, 2.24) is 0 Å². The molecule has 8 heteroatoms. The Morgan fingerprint density at radius 1 is 0.839 bits per heavy atom. The smallest absolute Gasteiger partial charge is 0.243 e. The van der Waals surface area contributed by atoms with Crippen molar-refractivity contribution in [3.63, 3.8) is 0 Å². The van der Waals surface area contributed by atoms with Crippen molar-refractivity contribution in [2.75, 3.05) is 27.8 Å². The number of amides is 3. The Bertz CT molecular complexity index is 914. The first-order valence-electron chi connectivity index (χ1n) is 10.3. The second kappa shape index (κ2) is 12.0. The number of rotatable bonds is 10. The summed E-state index contributed by atoms with van der Waals surface area (Å²) in [4.78, 5) is 35.9. The summed E-state index contributed by atoms with van der Waals surface area (Å²) in [7, 11) is 0. The molecule has 0 unspecified atom stereocenters. The van der Waals surface area contributed by atoms with Gasteiger partial charge in [-0.25, -0.2) is 0 Å². The molecule has 0 saturated heterocycles. The maximum atomic E-state index is 12.3. The van der Waals surface area contributed by atoms with Crippen LogP contribution in [0.25, 0.3) is 0 Å². The monoisotopic (exact) mass is 444 g/mol. The van der Waals surface area contributed by atoms with E-state index in [2.05, 4.69) is 21.3 Å². The highest BCUT2D eigenvalue weighted by atomic mass is 35.5. The van der Waals surface area contributed by atoms with Crippen molar-refractivity contribution < 1.29 is 14.4 Å². The third-order valence-electron chi connectivity index (χ3n) is 4.22. The van der Waals surface area contributed by atoms with Gasteiger partial charge in [-0.05, 0) is 54.8 Å². The predicted molar refractivity (Wildman–Crippen MR) is 127 cm³/mol. The largest absolute Gasteiger partial charge is 0.376 e. The van der Waals surface area contributed by atoms with E-state index in [4.69, 9.17) is 11.6 Å². The second-order valence-electron chi connectivity index (χ2n) is 7.62. The van der Waals surface area contributed by atoms with Crippen molar-refractivity contribution >= 4 is 52.1 Å². The maximum absolute atomic E-state index is 12.3. The van der Waals surface area contributed by atoms with E-state index in [1.165, 1.54) is 0 Å². The van der Waals surface area contributed by atoms with Crippen LogP contribution in [0.2, 0.25) is 5.02 Å². The summed E-state index contributed by atoms with van der Waals surface area (Å²) in [6.07, 6.45) is 1.64. The van der Waals surface area contributed by atoms with Crippen LogP contribution in [-0.2, 0) is 14.4 Å². The van der Waals surface area contributed by atoms with Gasteiger partial charge in [-0.3, -0.25) is 14.4 Å². The fraction of sp³-hybridized carbons (Fsp3) is 0.348. The first-order chi connectivity index (χ1) is 14.8.